The fourth-order valence-corrected chi connectivity index (χ4v) is 2.50. The largest absolute Gasteiger partial charge is 0.461 e. The predicted octanol–water partition coefficient (Wildman–Crippen LogP) is 2.90. The van der Waals surface area contributed by atoms with Gasteiger partial charge in [0.05, 0.1) is 6.61 Å². The Morgan fingerprint density at radius 1 is 1.58 bits per heavy atom. The third-order valence-corrected chi connectivity index (χ3v) is 3.50. The first-order chi connectivity index (χ1) is 8.87. The number of likely N-dealkylation sites (N-methyl/N-ethyl adjacent to an activating group) is 1. The van der Waals surface area contributed by atoms with Crippen molar-refractivity contribution in [2.24, 2.45) is 0 Å². The van der Waals surface area contributed by atoms with Crippen LogP contribution in [-0.4, -0.2) is 31.6 Å². The minimum atomic E-state index is -3.55. The van der Waals surface area contributed by atoms with Gasteiger partial charge in [0.2, 0.25) is 0 Å². The lowest BCUT2D eigenvalue weighted by Crippen LogP contribution is -2.50. The smallest absolute Gasteiger partial charge is 0.379 e. The molecule has 6 heteroatoms. The molecule has 0 aliphatic carbocycles. The first-order valence-electron chi connectivity index (χ1n) is 5.94. The van der Waals surface area contributed by atoms with Crippen molar-refractivity contribution in [2.75, 3.05) is 18.6 Å². The summed E-state index contributed by atoms with van der Waals surface area (Å²) in [6, 6.07) is 3.73. The van der Waals surface area contributed by atoms with E-state index in [1.54, 1.807) is 18.2 Å². The second-order valence-electron chi connectivity index (χ2n) is 4.45. The van der Waals surface area contributed by atoms with Gasteiger partial charge in [0.15, 0.2) is 0 Å². The fraction of sp³-hybridized carbons (Fsp3) is 0.462. The van der Waals surface area contributed by atoms with Crippen LogP contribution in [0.1, 0.15) is 12.5 Å². The molecule has 104 valence electrons. The number of anilines is 1. The number of fused-ring (bicyclic) bond motifs is 1. The van der Waals surface area contributed by atoms with E-state index in [4.69, 9.17) is 11.6 Å². The van der Waals surface area contributed by atoms with Gasteiger partial charge in [-0.25, -0.2) is 4.79 Å². The van der Waals surface area contributed by atoms with Crippen LogP contribution in [0, 0.1) is 0 Å². The summed E-state index contributed by atoms with van der Waals surface area (Å²) in [7, 11) is 1.54. The average Bonchev–Trinajstić information content (AvgIpc) is 2.67. The van der Waals surface area contributed by atoms with Crippen LogP contribution in [0.4, 0.5) is 14.5 Å². The SMILES string of the molecule is CCOC(=O)C(F)(F)C1Cc2cc(Cl)ccc2N1C. The second-order valence-corrected chi connectivity index (χ2v) is 4.88. The van der Waals surface area contributed by atoms with Gasteiger partial charge in [-0.1, -0.05) is 11.6 Å². The van der Waals surface area contributed by atoms with Crippen LogP contribution in [-0.2, 0) is 16.0 Å². The fourth-order valence-electron chi connectivity index (χ4n) is 2.31. The van der Waals surface area contributed by atoms with Crippen LogP contribution in [0.25, 0.3) is 0 Å². The third kappa shape index (κ3) is 2.39. The topological polar surface area (TPSA) is 29.5 Å². The van der Waals surface area contributed by atoms with E-state index in [1.165, 1.54) is 18.9 Å². The molecule has 3 nitrogen and oxygen atoms in total. The number of carbonyl (C=O) groups excluding carboxylic acids is 1. The number of ether oxygens (including phenoxy) is 1. The Kier molecular flexibility index (Phi) is 3.67. The summed E-state index contributed by atoms with van der Waals surface area (Å²) in [5.41, 5.74) is 1.38. The highest BCUT2D eigenvalue weighted by atomic mass is 35.5. The molecule has 0 aromatic heterocycles. The lowest BCUT2D eigenvalue weighted by Gasteiger charge is -2.28. The van der Waals surface area contributed by atoms with Crippen LogP contribution in [0.3, 0.4) is 0 Å². The molecule has 1 aromatic carbocycles. The standard InChI is InChI=1S/C13H14ClF2NO2/c1-3-19-12(18)13(15,16)11-7-8-6-9(14)4-5-10(8)17(11)2/h4-6,11H,3,7H2,1-2H3. The molecule has 0 fully saturated rings. The number of rotatable bonds is 3. The molecule has 1 heterocycles. The Hall–Kier alpha value is -1.36. The van der Waals surface area contributed by atoms with Crippen LogP contribution < -0.4 is 4.90 Å². The molecule has 0 bridgehead atoms. The van der Waals surface area contributed by atoms with Crippen molar-refractivity contribution in [3.63, 3.8) is 0 Å². The summed E-state index contributed by atoms with van der Waals surface area (Å²) >= 11 is 5.85. The second kappa shape index (κ2) is 4.96. The molecule has 1 aliphatic rings. The molecule has 1 unspecified atom stereocenters. The quantitative estimate of drug-likeness (QED) is 0.801. The van der Waals surface area contributed by atoms with Crippen LogP contribution in [0.2, 0.25) is 5.02 Å². The number of hydrogen-bond acceptors (Lipinski definition) is 3. The number of alkyl halides is 2. The minimum absolute atomic E-state index is 0.0658. The van der Waals surface area contributed by atoms with Crippen molar-refractivity contribution in [1.82, 2.24) is 0 Å². The maximum Gasteiger partial charge on any atom is 0.379 e. The first-order valence-corrected chi connectivity index (χ1v) is 6.32. The van der Waals surface area contributed by atoms with Gasteiger partial charge in [-0.05, 0) is 30.7 Å². The molecule has 1 aliphatic heterocycles. The maximum absolute atomic E-state index is 14.1. The van der Waals surface area contributed by atoms with Crippen molar-refractivity contribution in [3.8, 4) is 0 Å². The molecule has 19 heavy (non-hydrogen) atoms. The molecule has 0 spiro atoms. The minimum Gasteiger partial charge on any atom is -0.461 e. The van der Waals surface area contributed by atoms with E-state index in [9.17, 15) is 13.6 Å². The lowest BCUT2D eigenvalue weighted by atomic mass is 10.0. The van der Waals surface area contributed by atoms with E-state index in [0.29, 0.717) is 16.3 Å². The number of halogens is 3. The Balaban J connectivity index is 2.28. The van der Waals surface area contributed by atoms with E-state index >= 15 is 0 Å². The molecule has 0 saturated carbocycles. The number of benzene rings is 1. The predicted molar refractivity (Wildman–Crippen MR) is 68.9 cm³/mol. The lowest BCUT2D eigenvalue weighted by molar-refractivity contribution is -0.174. The molecule has 1 aromatic rings. The van der Waals surface area contributed by atoms with E-state index in [-0.39, 0.29) is 13.0 Å². The van der Waals surface area contributed by atoms with Crippen molar-refractivity contribution in [1.29, 1.82) is 0 Å². The molecular formula is C13H14ClF2NO2. The summed E-state index contributed by atoms with van der Waals surface area (Å²) < 4.78 is 32.6. The number of hydrogen-bond donors (Lipinski definition) is 0. The van der Waals surface area contributed by atoms with Gasteiger partial charge in [-0.15, -0.1) is 0 Å². The maximum atomic E-state index is 14.1. The van der Waals surface area contributed by atoms with E-state index in [1.807, 2.05) is 0 Å². The van der Waals surface area contributed by atoms with Crippen molar-refractivity contribution < 1.29 is 18.3 Å². The van der Waals surface area contributed by atoms with Crippen LogP contribution >= 0.6 is 11.6 Å². The van der Waals surface area contributed by atoms with Gasteiger partial charge in [-0.2, -0.15) is 8.78 Å². The molecule has 0 radical (unpaired) electrons. The van der Waals surface area contributed by atoms with Gasteiger partial charge in [-0.3, -0.25) is 0 Å². The Labute approximate surface area is 115 Å². The monoisotopic (exact) mass is 289 g/mol. The summed E-state index contributed by atoms with van der Waals surface area (Å²) in [6.45, 7) is 1.44. The van der Waals surface area contributed by atoms with E-state index in [0.717, 1.165) is 0 Å². The van der Waals surface area contributed by atoms with Gasteiger partial charge in [0.1, 0.15) is 6.04 Å². The summed E-state index contributed by atoms with van der Waals surface area (Å²) in [5.74, 6) is -5.03. The van der Waals surface area contributed by atoms with Gasteiger partial charge in [0.25, 0.3) is 0 Å². The van der Waals surface area contributed by atoms with Gasteiger partial charge in [0, 0.05) is 24.2 Å². The summed E-state index contributed by atoms with van der Waals surface area (Å²) in [4.78, 5) is 12.8. The van der Waals surface area contributed by atoms with Crippen LogP contribution in [0.15, 0.2) is 18.2 Å². The Morgan fingerprint density at radius 3 is 2.89 bits per heavy atom. The van der Waals surface area contributed by atoms with E-state index < -0.39 is 17.9 Å². The van der Waals surface area contributed by atoms with Gasteiger partial charge < -0.3 is 9.64 Å². The number of esters is 1. The zero-order valence-corrected chi connectivity index (χ0v) is 11.4. The number of carbonyl (C=O) groups is 1. The first kappa shape index (κ1) is 14.1. The highest BCUT2D eigenvalue weighted by Gasteiger charge is 2.53. The highest BCUT2D eigenvalue weighted by Crippen LogP contribution is 2.39. The molecule has 0 N–H and O–H groups in total. The molecule has 0 amide bonds. The highest BCUT2D eigenvalue weighted by molar-refractivity contribution is 6.30. The van der Waals surface area contributed by atoms with Crippen molar-refractivity contribution in [2.45, 2.75) is 25.3 Å². The van der Waals surface area contributed by atoms with E-state index in [2.05, 4.69) is 4.74 Å². The normalized spacial score (nSPS) is 18.4. The summed E-state index contributed by atoms with van der Waals surface area (Å²) in [6.07, 6.45) is 0.0677. The summed E-state index contributed by atoms with van der Waals surface area (Å²) in [5, 5.41) is 0.493. The zero-order chi connectivity index (χ0) is 14.2. The average molecular weight is 290 g/mol. The van der Waals surface area contributed by atoms with Gasteiger partial charge >= 0.3 is 11.9 Å². The van der Waals surface area contributed by atoms with Crippen LogP contribution in [0.5, 0.6) is 0 Å². The Bertz CT molecular complexity index is 507. The molecule has 0 saturated heterocycles. The molecular weight excluding hydrogens is 276 g/mol. The number of nitrogens with zero attached hydrogens (tertiary/aromatic N) is 1. The Morgan fingerprint density at radius 2 is 2.26 bits per heavy atom. The zero-order valence-electron chi connectivity index (χ0n) is 10.6. The van der Waals surface area contributed by atoms with Crippen molar-refractivity contribution in [3.05, 3.63) is 28.8 Å². The molecule has 1 atom stereocenters. The third-order valence-electron chi connectivity index (χ3n) is 3.27. The van der Waals surface area contributed by atoms with Crippen molar-refractivity contribution >= 4 is 23.3 Å². The molecule has 2 rings (SSSR count).